The van der Waals surface area contributed by atoms with Crippen molar-refractivity contribution in [2.75, 3.05) is 4.90 Å². The number of benzene rings is 2. The smallest absolute Gasteiger partial charge is 0.270 e. The number of nitro benzene ring substituents is 1. The molecule has 4 rings (SSSR count). The first-order valence-corrected chi connectivity index (χ1v) is 10.1. The molecule has 1 aromatic heterocycles. The predicted octanol–water partition coefficient (Wildman–Crippen LogP) is 3.83. The fourth-order valence-electron chi connectivity index (χ4n) is 3.56. The van der Waals surface area contributed by atoms with Crippen LogP contribution in [-0.4, -0.2) is 26.4 Å². The number of nitrogens with zero attached hydrogens (tertiary/aromatic N) is 3. The zero-order valence-electron chi connectivity index (χ0n) is 17.2. The van der Waals surface area contributed by atoms with E-state index in [4.69, 9.17) is 12.2 Å². The third-order valence-electron chi connectivity index (χ3n) is 5.11. The van der Waals surface area contributed by atoms with E-state index in [9.17, 15) is 19.7 Å². The zero-order chi connectivity index (χ0) is 23.0. The van der Waals surface area contributed by atoms with E-state index in [0.29, 0.717) is 17.1 Å². The van der Waals surface area contributed by atoms with Gasteiger partial charge >= 0.3 is 0 Å². The van der Waals surface area contributed by atoms with Gasteiger partial charge in [0.05, 0.1) is 10.6 Å². The standard InChI is InChI=1S/C23H18N4O4S/c1-14-5-10-20(15(2)12-14)26-22(29)19(21(28)24-23(26)32)13-18-4-3-11-25(18)16-6-8-17(9-7-16)27(30)31/h3-13H,1-2H3,(H,24,28,32)/b19-13+. The van der Waals surface area contributed by atoms with Crippen LogP contribution in [-0.2, 0) is 9.59 Å². The van der Waals surface area contributed by atoms with E-state index in [1.54, 1.807) is 41.1 Å². The van der Waals surface area contributed by atoms with Crippen LogP contribution in [0.2, 0.25) is 0 Å². The number of carbonyl (C=O) groups excluding carboxylic acids is 2. The van der Waals surface area contributed by atoms with Gasteiger partial charge in [-0.05, 0) is 68.0 Å². The molecule has 160 valence electrons. The van der Waals surface area contributed by atoms with Gasteiger partial charge in [-0.2, -0.15) is 0 Å². The first kappa shape index (κ1) is 21.1. The van der Waals surface area contributed by atoms with E-state index in [0.717, 1.165) is 11.1 Å². The molecule has 2 aromatic carbocycles. The molecule has 0 atom stereocenters. The number of carbonyl (C=O) groups is 2. The third kappa shape index (κ3) is 3.81. The first-order valence-electron chi connectivity index (χ1n) is 9.67. The van der Waals surface area contributed by atoms with Crippen LogP contribution in [0, 0.1) is 24.0 Å². The summed E-state index contributed by atoms with van der Waals surface area (Å²) in [7, 11) is 0. The molecule has 0 aliphatic carbocycles. The summed E-state index contributed by atoms with van der Waals surface area (Å²) < 4.78 is 1.73. The number of hydrogen-bond acceptors (Lipinski definition) is 5. The lowest BCUT2D eigenvalue weighted by atomic mass is 10.1. The summed E-state index contributed by atoms with van der Waals surface area (Å²) in [6.07, 6.45) is 3.22. The molecular formula is C23H18N4O4S. The summed E-state index contributed by atoms with van der Waals surface area (Å²) in [5.74, 6) is -1.11. The number of rotatable bonds is 4. The van der Waals surface area contributed by atoms with Gasteiger partial charge < -0.3 is 4.57 Å². The maximum absolute atomic E-state index is 13.3. The van der Waals surface area contributed by atoms with Crippen molar-refractivity contribution in [1.29, 1.82) is 0 Å². The summed E-state index contributed by atoms with van der Waals surface area (Å²) in [6, 6.07) is 15.1. The molecule has 0 bridgehead atoms. The van der Waals surface area contributed by atoms with Crippen molar-refractivity contribution in [2.45, 2.75) is 13.8 Å². The molecule has 0 saturated carbocycles. The number of anilines is 1. The molecule has 1 saturated heterocycles. The Kier molecular flexibility index (Phi) is 5.41. The van der Waals surface area contributed by atoms with Crippen molar-refractivity contribution in [3.63, 3.8) is 0 Å². The quantitative estimate of drug-likeness (QED) is 0.216. The Hall–Kier alpha value is -4.11. The number of thiocarbonyl (C=S) groups is 1. The fraction of sp³-hybridized carbons (Fsp3) is 0.0870. The zero-order valence-corrected chi connectivity index (χ0v) is 18.1. The van der Waals surface area contributed by atoms with Gasteiger partial charge in [0, 0.05) is 29.7 Å². The van der Waals surface area contributed by atoms with Gasteiger partial charge in [0.2, 0.25) is 0 Å². The van der Waals surface area contributed by atoms with Crippen LogP contribution in [0.1, 0.15) is 16.8 Å². The van der Waals surface area contributed by atoms with E-state index < -0.39 is 16.7 Å². The Morgan fingerprint density at radius 2 is 1.78 bits per heavy atom. The van der Waals surface area contributed by atoms with E-state index in [1.165, 1.54) is 23.1 Å². The largest absolute Gasteiger partial charge is 0.317 e. The van der Waals surface area contributed by atoms with Gasteiger partial charge in [-0.25, -0.2) is 0 Å². The minimum atomic E-state index is -0.586. The number of amides is 2. The summed E-state index contributed by atoms with van der Waals surface area (Å²) in [6.45, 7) is 3.82. The molecule has 0 radical (unpaired) electrons. The topological polar surface area (TPSA) is 97.5 Å². The highest BCUT2D eigenvalue weighted by atomic mass is 32.1. The lowest BCUT2D eigenvalue weighted by Gasteiger charge is -2.30. The van der Waals surface area contributed by atoms with Crippen molar-refractivity contribution >= 4 is 46.6 Å². The highest BCUT2D eigenvalue weighted by Gasteiger charge is 2.35. The Morgan fingerprint density at radius 1 is 1.06 bits per heavy atom. The summed E-state index contributed by atoms with van der Waals surface area (Å²) in [5, 5.41) is 13.5. The van der Waals surface area contributed by atoms with Crippen LogP contribution >= 0.6 is 12.2 Å². The number of nitro groups is 1. The van der Waals surface area contributed by atoms with Gasteiger partial charge in [0.15, 0.2) is 5.11 Å². The van der Waals surface area contributed by atoms with Crippen molar-refractivity contribution in [1.82, 2.24) is 9.88 Å². The molecule has 0 spiro atoms. The minimum absolute atomic E-state index is 0.0230. The average Bonchev–Trinajstić information content (AvgIpc) is 3.21. The summed E-state index contributed by atoms with van der Waals surface area (Å²) in [4.78, 5) is 37.7. The monoisotopic (exact) mass is 446 g/mol. The molecule has 1 aliphatic heterocycles. The van der Waals surface area contributed by atoms with E-state index in [2.05, 4.69) is 5.32 Å². The molecule has 1 fully saturated rings. The molecule has 2 amide bonds. The van der Waals surface area contributed by atoms with Crippen LogP contribution < -0.4 is 10.2 Å². The molecule has 1 aliphatic rings. The van der Waals surface area contributed by atoms with Gasteiger partial charge in [0.1, 0.15) is 5.57 Å². The second-order valence-electron chi connectivity index (χ2n) is 7.32. The molecule has 2 heterocycles. The number of non-ortho nitro benzene ring substituents is 1. The molecule has 9 heteroatoms. The number of nitrogens with one attached hydrogen (secondary N) is 1. The maximum Gasteiger partial charge on any atom is 0.270 e. The second kappa shape index (κ2) is 8.20. The fourth-order valence-corrected chi connectivity index (χ4v) is 3.84. The van der Waals surface area contributed by atoms with Crippen LogP contribution in [0.3, 0.4) is 0 Å². The summed E-state index contributed by atoms with van der Waals surface area (Å²) >= 11 is 5.28. The number of aryl methyl sites for hydroxylation is 2. The van der Waals surface area contributed by atoms with Gasteiger partial charge in [-0.15, -0.1) is 0 Å². The highest BCUT2D eigenvalue weighted by molar-refractivity contribution is 7.80. The Labute approximate surface area is 188 Å². The van der Waals surface area contributed by atoms with E-state index in [-0.39, 0.29) is 16.4 Å². The normalized spacial score (nSPS) is 15.2. The Bertz CT molecular complexity index is 1310. The van der Waals surface area contributed by atoms with Gasteiger partial charge in [-0.1, -0.05) is 17.7 Å². The van der Waals surface area contributed by atoms with Gasteiger partial charge in [0.25, 0.3) is 17.5 Å². The van der Waals surface area contributed by atoms with E-state index in [1.807, 2.05) is 26.0 Å². The minimum Gasteiger partial charge on any atom is -0.317 e. The summed E-state index contributed by atoms with van der Waals surface area (Å²) in [5.41, 5.74) is 3.61. The lowest BCUT2D eigenvalue weighted by Crippen LogP contribution is -2.54. The van der Waals surface area contributed by atoms with Crippen LogP contribution in [0.25, 0.3) is 11.8 Å². The number of aromatic nitrogens is 1. The predicted molar refractivity (Wildman–Crippen MR) is 125 cm³/mol. The number of hydrogen-bond donors (Lipinski definition) is 1. The third-order valence-corrected chi connectivity index (χ3v) is 5.39. The lowest BCUT2D eigenvalue weighted by molar-refractivity contribution is -0.384. The molecule has 1 N–H and O–H groups in total. The highest BCUT2D eigenvalue weighted by Crippen LogP contribution is 2.27. The molecular weight excluding hydrogens is 428 g/mol. The molecule has 8 nitrogen and oxygen atoms in total. The second-order valence-corrected chi connectivity index (χ2v) is 7.71. The van der Waals surface area contributed by atoms with Crippen molar-refractivity contribution in [2.24, 2.45) is 0 Å². The van der Waals surface area contributed by atoms with Crippen LogP contribution in [0.5, 0.6) is 0 Å². The van der Waals surface area contributed by atoms with E-state index >= 15 is 0 Å². The van der Waals surface area contributed by atoms with Crippen LogP contribution in [0.15, 0.2) is 66.4 Å². The average molecular weight is 446 g/mol. The SMILES string of the molecule is Cc1ccc(N2C(=O)/C(=C/c3cccn3-c3ccc([N+](=O)[O-])cc3)C(=O)NC2=S)c(C)c1. The van der Waals surface area contributed by atoms with Crippen molar-refractivity contribution in [3.8, 4) is 5.69 Å². The molecule has 3 aromatic rings. The Morgan fingerprint density at radius 3 is 2.44 bits per heavy atom. The molecule has 32 heavy (non-hydrogen) atoms. The van der Waals surface area contributed by atoms with Crippen molar-refractivity contribution < 1.29 is 14.5 Å². The molecule has 0 unspecified atom stereocenters. The van der Waals surface area contributed by atoms with Gasteiger partial charge in [-0.3, -0.25) is 29.9 Å². The Balaban J connectivity index is 1.73. The maximum atomic E-state index is 13.3. The van der Waals surface area contributed by atoms with Crippen LogP contribution in [0.4, 0.5) is 11.4 Å². The first-order chi connectivity index (χ1) is 15.3. The van der Waals surface area contributed by atoms with Crippen molar-refractivity contribution in [3.05, 3.63) is 93.3 Å².